The van der Waals surface area contributed by atoms with E-state index in [1.165, 1.54) is 25.7 Å². The normalized spacial score (nSPS) is 27.5. The Morgan fingerprint density at radius 2 is 1.95 bits per heavy atom. The summed E-state index contributed by atoms with van der Waals surface area (Å²) in [6, 6.07) is -0.230. The first-order valence-corrected chi connectivity index (χ1v) is 8.27. The van der Waals surface area contributed by atoms with Gasteiger partial charge in [-0.3, -0.25) is 4.79 Å². The van der Waals surface area contributed by atoms with Crippen LogP contribution in [0.15, 0.2) is 0 Å². The van der Waals surface area contributed by atoms with Crippen LogP contribution >= 0.6 is 0 Å². The van der Waals surface area contributed by atoms with E-state index in [4.69, 9.17) is 0 Å². The van der Waals surface area contributed by atoms with Gasteiger partial charge in [0, 0.05) is 13.1 Å². The standard InChI is InChI=1S/C16H28N2O3/c1-12-4-2-5-13(10-12)6-9-17-15(21)18-11-16(14(19)20)7-3-8-16/h12-13H,2-11H2,1H3,(H,19,20)(H2,17,18,21). The Hall–Kier alpha value is -1.26. The lowest BCUT2D eigenvalue weighted by Crippen LogP contribution is -2.49. The van der Waals surface area contributed by atoms with Gasteiger partial charge in [0.15, 0.2) is 0 Å². The number of carboxylic acid groups (broad SMARTS) is 1. The molecular formula is C16H28N2O3. The number of hydrogen-bond donors (Lipinski definition) is 3. The molecule has 5 heteroatoms. The molecule has 2 amide bonds. The van der Waals surface area contributed by atoms with E-state index in [1.807, 2.05) is 0 Å². The van der Waals surface area contributed by atoms with Gasteiger partial charge >= 0.3 is 12.0 Å². The summed E-state index contributed by atoms with van der Waals surface area (Å²) in [5, 5.41) is 14.8. The van der Waals surface area contributed by atoms with Crippen LogP contribution in [0, 0.1) is 17.3 Å². The van der Waals surface area contributed by atoms with Crippen molar-refractivity contribution in [3.63, 3.8) is 0 Å². The van der Waals surface area contributed by atoms with E-state index in [0.29, 0.717) is 19.4 Å². The lowest BCUT2D eigenvalue weighted by molar-refractivity contribution is -0.153. The molecule has 120 valence electrons. The summed E-state index contributed by atoms with van der Waals surface area (Å²) in [6.07, 6.45) is 8.49. The molecule has 2 unspecified atom stereocenters. The van der Waals surface area contributed by atoms with Crippen LogP contribution < -0.4 is 10.6 Å². The number of carbonyl (C=O) groups excluding carboxylic acids is 1. The quantitative estimate of drug-likeness (QED) is 0.705. The van der Waals surface area contributed by atoms with E-state index in [0.717, 1.165) is 24.7 Å². The van der Waals surface area contributed by atoms with E-state index < -0.39 is 11.4 Å². The first-order chi connectivity index (χ1) is 10.0. The minimum Gasteiger partial charge on any atom is -0.481 e. The van der Waals surface area contributed by atoms with Crippen LogP contribution in [0.3, 0.4) is 0 Å². The lowest BCUT2D eigenvalue weighted by Gasteiger charge is -2.37. The molecule has 0 heterocycles. The third-order valence-electron chi connectivity index (χ3n) is 5.23. The number of hydrogen-bond acceptors (Lipinski definition) is 2. The Bertz CT molecular complexity index is 380. The minimum absolute atomic E-state index is 0.230. The predicted octanol–water partition coefficient (Wildman–Crippen LogP) is 2.76. The molecule has 0 radical (unpaired) electrons. The molecule has 2 fully saturated rings. The first kappa shape index (κ1) is 16.1. The largest absolute Gasteiger partial charge is 0.481 e. The summed E-state index contributed by atoms with van der Waals surface area (Å²) in [5.41, 5.74) is -0.712. The van der Waals surface area contributed by atoms with Gasteiger partial charge in [0.05, 0.1) is 5.41 Å². The molecule has 0 bridgehead atoms. The summed E-state index contributed by atoms with van der Waals surface area (Å²) in [5.74, 6) is 0.753. The second kappa shape index (κ2) is 7.14. The van der Waals surface area contributed by atoms with Crippen molar-refractivity contribution < 1.29 is 14.7 Å². The van der Waals surface area contributed by atoms with Crippen LogP contribution in [0.1, 0.15) is 58.3 Å². The van der Waals surface area contributed by atoms with Gasteiger partial charge in [-0.15, -0.1) is 0 Å². The molecule has 5 nitrogen and oxygen atoms in total. The van der Waals surface area contributed by atoms with Crippen LogP contribution in [0.25, 0.3) is 0 Å². The second-order valence-corrected chi connectivity index (χ2v) is 6.97. The van der Waals surface area contributed by atoms with Gasteiger partial charge in [0.25, 0.3) is 0 Å². The van der Waals surface area contributed by atoms with E-state index in [1.54, 1.807) is 0 Å². The van der Waals surface area contributed by atoms with Crippen molar-refractivity contribution in [2.45, 2.75) is 58.3 Å². The molecule has 2 saturated carbocycles. The second-order valence-electron chi connectivity index (χ2n) is 6.97. The van der Waals surface area contributed by atoms with Crippen LogP contribution in [0.5, 0.6) is 0 Å². The topological polar surface area (TPSA) is 78.4 Å². The molecule has 0 aromatic rings. The smallest absolute Gasteiger partial charge is 0.314 e. The van der Waals surface area contributed by atoms with Gasteiger partial charge in [0.1, 0.15) is 0 Å². The maximum absolute atomic E-state index is 11.7. The molecule has 2 aliphatic rings. The highest BCUT2D eigenvalue weighted by molar-refractivity contribution is 5.78. The zero-order valence-electron chi connectivity index (χ0n) is 13.0. The number of carbonyl (C=O) groups is 2. The highest BCUT2D eigenvalue weighted by Crippen LogP contribution is 2.40. The Morgan fingerprint density at radius 3 is 2.52 bits per heavy atom. The van der Waals surface area contributed by atoms with Crippen molar-refractivity contribution in [1.82, 2.24) is 10.6 Å². The van der Waals surface area contributed by atoms with Gasteiger partial charge < -0.3 is 15.7 Å². The number of amides is 2. The maximum Gasteiger partial charge on any atom is 0.314 e. The molecule has 0 aromatic carbocycles. The Labute approximate surface area is 126 Å². The summed E-state index contributed by atoms with van der Waals surface area (Å²) in [4.78, 5) is 22.9. The van der Waals surface area contributed by atoms with Crippen LogP contribution in [0.4, 0.5) is 4.79 Å². The van der Waals surface area contributed by atoms with E-state index in [2.05, 4.69) is 17.6 Å². The van der Waals surface area contributed by atoms with Crippen LogP contribution in [-0.4, -0.2) is 30.2 Å². The maximum atomic E-state index is 11.7. The van der Waals surface area contributed by atoms with Gasteiger partial charge in [-0.25, -0.2) is 4.79 Å². The SMILES string of the molecule is CC1CCCC(CCNC(=O)NCC2(C(=O)O)CCC2)C1. The molecular weight excluding hydrogens is 268 g/mol. The highest BCUT2D eigenvalue weighted by atomic mass is 16.4. The average molecular weight is 296 g/mol. The molecule has 0 aliphatic heterocycles. The predicted molar refractivity (Wildman–Crippen MR) is 81.1 cm³/mol. The van der Waals surface area contributed by atoms with Crippen molar-refractivity contribution in [2.75, 3.05) is 13.1 Å². The van der Waals surface area contributed by atoms with Gasteiger partial charge in [-0.2, -0.15) is 0 Å². The molecule has 3 N–H and O–H groups in total. The van der Waals surface area contributed by atoms with Gasteiger partial charge in [-0.05, 0) is 37.5 Å². The zero-order valence-corrected chi connectivity index (χ0v) is 13.0. The summed E-state index contributed by atoms with van der Waals surface area (Å²) >= 11 is 0. The van der Waals surface area contributed by atoms with Crippen LogP contribution in [-0.2, 0) is 4.79 Å². The van der Waals surface area contributed by atoms with Crippen LogP contribution in [0.2, 0.25) is 0 Å². The third kappa shape index (κ3) is 4.35. The average Bonchev–Trinajstić information content (AvgIpc) is 2.37. The minimum atomic E-state index is -0.787. The van der Waals surface area contributed by atoms with Crippen molar-refractivity contribution >= 4 is 12.0 Å². The lowest BCUT2D eigenvalue weighted by atomic mass is 9.69. The number of carboxylic acids is 1. The van der Waals surface area contributed by atoms with E-state index in [-0.39, 0.29) is 12.6 Å². The molecule has 2 rings (SSSR count). The summed E-state index contributed by atoms with van der Waals surface area (Å²) in [7, 11) is 0. The van der Waals surface area contributed by atoms with Crippen molar-refractivity contribution in [2.24, 2.45) is 17.3 Å². The van der Waals surface area contributed by atoms with Crippen molar-refractivity contribution in [3.05, 3.63) is 0 Å². The third-order valence-corrected chi connectivity index (χ3v) is 5.23. The Balaban J connectivity index is 1.60. The number of urea groups is 1. The van der Waals surface area contributed by atoms with E-state index >= 15 is 0 Å². The molecule has 0 aromatic heterocycles. The summed E-state index contributed by atoms with van der Waals surface area (Å²) in [6.45, 7) is 3.23. The fraction of sp³-hybridized carbons (Fsp3) is 0.875. The Morgan fingerprint density at radius 1 is 1.19 bits per heavy atom. The molecule has 0 spiro atoms. The first-order valence-electron chi connectivity index (χ1n) is 8.27. The zero-order chi connectivity index (χ0) is 15.3. The van der Waals surface area contributed by atoms with Crippen molar-refractivity contribution in [1.29, 1.82) is 0 Å². The van der Waals surface area contributed by atoms with Gasteiger partial charge in [-0.1, -0.05) is 32.6 Å². The monoisotopic (exact) mass is 296 g/mol. The molecule has 2 aliphatic carbocycles. The summed E-state index contributed by atoms with van der Waals surface area (Å²) < 4.78 is 0. The highest BCUT2D eigenvalue weighted by Gasteiger charge is 2.44. The number of aliphatic carboxylic acids is 1. The van der Waals surface area contributed by atoms with Crippen molar-refractivity contribution in [3.8, 4) is 0 Å². The Kier molecular flexibility index (Phi) is 5.48. The number of rotatable bonds is 6. The molecule has 21 heavy (non-hydrogen) atoms. The number of nitrogens with one attached hydrogen (secondary N) is 2. The fourth-order valence-electron chi connectivity index (χ4n) is 3.59. The fourth-order valence-corrected chi connectivity index (χ4v) is 3.59. The molecule has 2 atom stereocenters. The van der Waals surface area contributed by atoms with Gasteiger partial charge in [0.2, 0.25) is 0 Å². The molecule has 0 saturated heterocycles. The van der Waals surface area contributed by atoms with E-state index in [9.17, 15) is 14.7 Å².